The number of anilines is 2. The molecule has 1 N–H and O–H groups in total. The average Bonchev–Trinajstić information content (AvgIpc) is 3.28. The molecule has 0 amide bonds. The fourth-order valence-corrected chi connectivity index (χ4v) is 3.76. The Morgan fingerprint density at radius 3 is 2.41 bits per heavy atom. The van der Waals surface area contributed by atoms with E-state index in [4.69, 9.17) is 8.94 Å². The van der Waals surface area contributed by atoms with Crippen LogP contribution in [-0.2, 0) is 7.05 Å². The van der Waals surface area contributed by atoms with Gasteiger partial charge in [0.15, 0.2) is 17.1 Å². The van der Waals surface area contributed by atoms with E-state index in [1.807, 2.05) is 68.4 Å². The summed E-state index contributed by atoms with van der Waals surface area (Å²) in [6.45, 7) is 3.69. The highest BCUT2D eigenvalue weighted by Crippen LogP contribution is 2.41. The van der Waals surface area contributed by atoms with Gasteiger partial charge in [-0.2, -0.15) is 0 Å². The number of aromatic nitrogens is 2. The van der Waals surface area contributed by atoms with Crippen molar-refractivity contribution in [2.24, 2.45) is 7.05 Å². The van der Waals surface area contributed by atoms with Crippen LogP contribution in [0.15, 0.2) is 68.3 Å². The molecule has 0 unspecified atom stereocenters. The lowest BCUT2D eigenvalue weighted by Gasteiger charge is -2.08. The van der Waals surface area contributed by atoms with Crippen molar-refractivity contribution >= 4 is 33.2 Å². The molecule has 0 aliphatic rings. The first-order valence-corrected chi connectivity index (χ1v) is 9.36. The lowest BCUT2D eigenvalue weighted by Crippen LogP contribution is -2.17. The zero-order valence-electron chi connectivity index (χ0n) is 16.3. The summed E-state index contributed by atoms with van der Waals surface area (Å²) in [5.41, 5.74) is 4.21. The van der Waals surface area contributed by atoms with Crippen LogP contribution in [0.1, 0.15) is 11.5 Å². The quantitative estimate of drug-likeness (QED) is 0.456. The minimum Gasteiger partial charge on any atom is -0.453 e. The second-order valence-electron chi connectivity index (χ2n) is 7.08. The highest BCUT2D eigenvalue weighted by Gasteiger charge is 2.24. The van der Waals surface area contributed by atoms with Gasteiger partial charge < -0.3 is 18.8 Å². The van der Waals surface area contributed by atoms with Crippen molar-refractivity contribution in [2.45, 2.75) is 13.8 Å². The third kappa shape index (κ3) is 2.56. The number of fused-ring (bicyclic) bond motifs is 3. The van der Waals surface area contributed by atoms with Crippen LogP contribution in [0, 0.1) is 13.8 Å². The first kappa shape index (κ1) is 17.3. The predicted molar refractivity (Wildman–Crippen MR) is 114 cm³/mol. The van der Waals surface area contributed by atoms with Gasteiger partial charge in [0, 0.05) is 18.0 Å². The summed E-state index contributed by atoms with van der Waals surface area (Å²) in [5.74, 6) is 1.25. The van der Waals surface area contributed by atoms with Gasteiger partial charge in [-0.3, -0.25) is 4.79 Å². The number of hydrogen-bond acceptors (Lipinski definition) is 5. The normalized spacial score (nSPS) is 11.4. The van der Waals surface area contributed by atoms with Crippen LogP contribution in [0.4, 0.5) is 11.4 Å². The Morgan fingerprint density at radius 2 is 1.69 bits per heavy atom. The van der Waals surface area contributed by atoms with Crippen molar-refractivity contribution in [2.75, 3.05) is 5.32 Å². The molecule has 3 heterocycles. The third-order valence-corrected chi connectivity index (χ3v) is 5.26. The number of nitrogens with zero attached hydrogens (tertiary/aromatic N) is 2. The molecule has 0 bridgehead atoms. The smallest absolute Gasteiger partial charge is 0.264 e. The summed E-state index contributed by atoms with van der Waals surface area (Å²) in [6, 6.07) is 17.5. The highest BCUT2D eigenvalue weighted by molar-refractivity contribution is 6.10. The van der Waals surface area contributed by atoms with Gasteiger partial charge in [0.05, 0.1) is 11.2 Å². The maximum absolute atomic E-state index is 13.3. The van der Waals surface area contributed by atoms with Crippen LogP contribution in [0.5, 0.6) is 0 Å². The van der Waals surface area contributed by atoms with E-state index in [0.29, 0.717) is 33.9 Å². The maximum Gasteiger partial charge on any atom is 0.264 e. The SMILES string of the molecule is Cc1noc(C)c1Nc1c(-c2ccccc2)oc2c1c(=O)n(C)c1ccccc21. The van der Waals surface area contributed by atoms with Crippen LogP contribution in [0.25, 0.3) is 33.2 Å². The van der Waals surface area contributed by atoms with Crippen molar-refractivity contribution < 1.29 is 8.94 Å². The molecule has 0 aliphatic carbocycles. The number of rotatable bonds is 3. The average molecular weight is 385 g/mol. The number of aryl methyl sites for hydroxylation is 3. The van der Waals surface area contributed by atoms with E-state index < -0.39 is 0 Å². The molecule has 0 saturated carbocycles. The molecule has 5 rings (SSSR count). The van der Waals surface area contributed by atoms with Gasteiger partial charge >= 0.3 is 0 Å². The molecule has 5 aromatic rings. The molecule has 0 saturated heterocycles. The summed E-state index contributed by atoms with van der Waals surface area (Å²) in [6.07, 6.45) is 0. The Balaban J connectivity index is 1.91. The largest absolute Gasteiger partial charge is 0.453 e. The predicted octanol–water partition coefficient (Wildman–Crippen LogP) is 5.30. The highest BCUT2D eigenvalue weighted by atomic mass is 16.5. The van der Waals surface area contributed by atoms with E-state index >= 15 is 0 Å². The molecule has 0 radical (unpaired) electrons. The zero-order valence-corrected chi connectivity index (χ0v) is 16.3. The number of hydrogen-bond donors (Lipinski definition) is 1. The summed E-state index contributed by atoms with van der Waals surface area (Å²) in [7, 11) is 1.78. The van der Waals surface area contributed by atoms with Crippen molar-refractivity contribution in [3.05, 3.63) is 76.4 Å². The van der Waals surface area contributed by atoms with Crippen LogP contribution in [0.2, 0.25) is 0 Å². The Kier molecular flexibility index (Phi) is 3.81. The number of nitrogens with one attached hydrogen (secondary N) is 1. The second kappa shape index (κ2) is 6.38. The van der Waals surface area contributed by atoms with Crippen LogP contribution in [0.3, 0.4) is 0 Å². The van der Waals surface area contributed by atoms with Gasteiger partial charge in [0.2, 0.25) is 0 Å². The van der Waals surface area contributed by atoms with E-state index in [0.717, 1.165) is 22.2 Å². The van der Waals surface area contributed by atoms with Crippen molar-refractivity contribution in [1.29, 1.82) is 0 Å². The van der Waals surface area contributed by atoms with Crippen LogP contribution >= 0.6 is 0 Å². The Morgan fingerprint density at radius 1 is 0.966 bits per heavy atom. The lowest BCUT2D eigenvalue weighted by molar-refractivity contribution is 0.393. The van der Waals surface area contributed by atoms with Crippen LogP contribution in [-0.4, -0.2) is 9.72 Å². The zero-order chi connectivity index (χ0) is 20.1. The fourth-order valence-electron chi connectivity index (χ4n) is 3.76. The summed E-state index contributed by atoms with van der Waals surface area (Å²) < 4.78 is 13.3. The van der Waals surface area contributed by atoms with Crippen molar-refractivity contribution in [3.63, 3.8) is 0 Å². The first-order valence-electron chi connectivity index (χ1n) is 9.36. The second-order valence-corrected chi connectivity index (χ2v) is 7.08. The van der Waals surface area contributed by atoms with Gasteiger partial charge in [-0.25, -0.2) is 0 Å². The first-order chi connectivity index (χ1) is 14.1. The summed E-state index contributed by atoms with van der Waals surface area (Å²) in [4.78, 5) is 13.3. The molecule has 0 fully saturated rings. The molecular weight excluding hydrogens is 366 g/mol. The van der Waals surface area contributed by atoms with Gasteiger partial charge in [0.1, 0.15) is 16.8 Å². The van der Waals surface area contributed by atoms with Gasteiger partial charge in [-0.15, -0.1) is 0 Å². The van der Waals surface area contributed by atoms with Gasteiger partial charge in [0.25, 0.3) is 5.56 Å². The molecule has 6 heteroatoms. The van der Waals surface area contributed by atoms with Crippen molar-refractivity contribution in [1.82, 2.24) is 9.72 Å². The third-order valence-electron chi connectivity index (χ3n) is 5.26. The lowest BCUT2D eigenvalue weighted by atomic mass is 10.1. The maximum atomic E-state index is 13.3. The standard InChI is InChI=1S/C23H19N3O3/c1-13-19(14(2)29-25-13)24-20-18-22(28-21(20)15-9-5-4-6-10-15)16-11-7-8-12-17(16)26(3)23(18)27/h4-12,24H,1-3H3. The Hall–Kier alpha value is -3.80. The molecular formula is C23H19N3O3. The number of pyridine rings is 1. The van der Waals surface area contributed by atoms with E-state index in [1.54, 1.807) is 11.6 Å². The fraction of sp³-hybridized carbons (Fsp3) is 0.130. The molecule has 3 aromatic heterocycles. The molecule has 0 atom stereocenters. The van der Waals surface area contributed by atoms with E-state index in [9.17, 15) is 4.79 Å². The molecule has 0 aliphatic heterocycles. The Labute approximate surface area is 166 Å². The minimum absolute atomic E-state index is 0.126. The molecule has 6 nitrogen and oxygen atoms in total. The molecule has 0 spiro atoms. The number of furan rings is 1. The van der Waals surface area contributed by atoms with Gasteiger partial charge in [-0.05, 0) is 26.0 Å². The van der Waals surface area contributed by atoms with E-state index in [2.05, 4.69) is 10.5 Å². The molecule has 29 heavy (non-hydrogen) atoms. The van der Waals surface area contributed by atoms with E-state index in [-0.39, 0.29) is 5.56 Å². The summed E-state index contributed by atoms with van der Waals surface area (Å²) in [5, 5.41) is 8.79. The number of benzene rings is 2. The monoisotopic (exact) mass is 385 g/mol. The summed E-state index contributed by atoms with van der Waals surface area (Å²) >= 11 is 0. The minimum atomic E-state index is -0.126. The topological polar surface area (TPSA) is 73.2 Å². The van der Waals surface area contributed by atoms with Gasteiger partial charge in [-0.1, -0.05) is 47.6 Å². The van der Waals surface area contributed by atoms with E-state index in [1.165, 1.54) is 0 Å². The van der Waals surface area contributed by atoms with Crippen LogP contribution < -0.4 is 10.9 Å². The Bertz CT molecular complexity index is 1410. The molecule has 2 aromatic carbocycles. The number of para-hydroxylation sites is 1. The van der Waals surface area contributed by atoms with Crippen molar-refractivity contribution in [3.8, 4) is 11.3 Å². The molecule has 144 valence electrons.